The average Bonchev–Trinajstić information content (AvgIpc) is 2.97. The fourth-order valence-corrected chi connectivity index (χ4v) is 1.72. The Morgan fingerprint density at radius 1 is 1.42 bits per heavy atom. The fourth-order valence-electron chi connectivity index (χ4n) is 1.42. The number of halogens is 1. The maximum Gasteiger partial charge on any atom is 0.319 e. The number of hydrogen-bond acceptors (Lipinski definition) is 7. The summed E-state index contributed by atoms with van der Waals surface area (Å²) in [7, 11) is 3.10. The Morgan fingerprint density at radius 3 is 2.84 bits per heavy atom. The van der Waals surface area contributed by atoms with Crippen molar-refractivity contribution in [3.63, 3.8) is 0 Å². The van der Waals surface area contributed by atoms with Crippen molar-refractivity contribution in [2.24, 2.45) is 0 Å². The van der Waals surface area contributed by atoms with E-state index < -0.39 is 0 Å². The lowest BCUT2D eigenvalue weighted by Gasteiger charge is -2.11. The third-order valence-electron chi connectivity index (χ3n) is 2.28. The van der Waals surface area contributed by atoms with Gasteiger partial charge in [-0.3, -0.25) is 9.69 Å². The molecule has 0 fully saturated rings. The molecule has 0 aliphatic carbocycles. The van der Waals surface area contributed by atoms with E-state index in [-0.39, 0.29) is 12.5 Å². The highest BCUT2D eigenvalue weighted by atomic mass is 79.9. The lowest BCUT2D eigenvalue weighted by molar-refractivity contribution is -0.141. The zero-order valence-electron chi connectivity index (χ0n) is 10.4. The van der Waals surface area contributed by atoms with Crippen molar-refractivity contribution in [2.75, 3.05) is 20.7 Å². The van der Waals surface area contributed by atoms with E-state index >= 15 is 0 Å². The van der Waals surface area contributed by atoms with Crippen molar-refractivity contribution in [1.82, 2.24) is 15.1 Å². The van der Waals surface area contributed by atoms with Crippen molar-refractivity contribution < 1.29 is 18.4 Å². The molecule has 0 spiro atoms. The number of methoxy groups -OCH3 is 1. The second kappa shape index (κ2) is 5.98. The van der Waals surface area contributed by atoms with Crippen LogP contribution < -0.4 is 0 Å². The second-order valence-corrected chi connectivity index (χ2v) is 4.63. The molecular weight excluding hydrogens is 318 g/mol. The molecule has 0 unspecified atom stereocenters. The average molecular weight is 330 g/mol. The predicted molar refractivity (Wildman–Crippen MR) is 68.1 cm³/mol. The summed E-state index contributed by atoms with van der Waals surface area (Å²) in [6, 6.07) is 3.46. The summed E-state index contributed by atoms with van der Waals surface area (Å²) in [6.07, 6.45) is 0. The summed E-state index contributed by atoms with van der Waals surface area (Å²) in [5, 5.41) is 7.77. The first kappa shape index (κ1) is 13.8. The highest BCUT2D eigenvalue weighted by Gasteiger charge is 2.14. The van der Waals surface area contributed by atoms with Gasteiger partial charge in [-0.05, 0) is 35.1 Å². The maximum absolute atomic E-state index is 11.1. The summed E-state index contributed by atoms with van der Waals surface area (Å²) < 4.78 is 15.9. The van der Waals surface area contributed by atoms with Gasteiger partial charge in [-0.2, -0.15) is 0 Å². The van der Waals surface area contributed by atoms with Crippen LogP contribution in [0.15, 0.2) is 25.6 Å². The minimum atomic E-state index is -0.322. The molecule has 0 amide bonds. The summed E-state index contributed by atoms with van der Waals surface area (Å²) in [4.78, 5) is 12.8. The maximum atomic E-state index is 11.1. The van der Waals surface area contributed by atoms with Gasteiger partial charge in [0.1, 0.15) is 0 Å². The molecule has 0 aliphatic rings. The van der Waals surface area contributed by atoms with E-state index in [0.29, 0.717) is 28.8 Å². The molecule has 7 nitrogen and oxygen atoms in total. The van der Waals surface area contributed by atoms with Crippen LogP contribution in [0.4, 0.5) is 0 Å². The monoisotopic (exact) mass is 329 g/mol. The van der Waals surface area contributed by atoms with E-state index in [2.05, 4.69) is 30.9 Å². The number of hydrogen-bond donors (Lipinski definition) is 0. The lowest BCUT2D eigenvalue weighted by atomic mass is 10.4. The van der Waals surface area contributed by atoms with E-state index in [9.17, 15) is 4.79 Å². The molecule has 0 saturated carbocycles. The van der Waals surface area contributed by atoms with E-state index in [4.69, 9.17) is 8.83 Å². The number of rotatable bonds is 5. The molecule has 0 N–H and O–H groups in total. The first-order valence-electron chi connectivity index (χ1n) is 5.42. The van der Waals surface area contributed by atoms with Gasteiger partial charge in [-0.1, -0.05) is 0 Å². The highest BCUT2D eigenvalue weighted by molar-refractivity contribution is 9.10. The number of aromatic nitrogens is 2. The van der Waals surface area contributed by atoms with Gasteiger partial charge >= 0.3 is 5.97 Å². The third kappa shape index (κ3) is 3.65. The quantitative estimate of drug-likeness (QED) is 0.772. The summed E-state index contributed by atoms with van der Waals surface area (Å²) >= 11 is 3.20. The summed E-state index contributed by atoms with van der Waals surface area (Å²) in [6.45, 7) is 0.504. The molecule has 19 heavy (non-hydrogen) atoms. The van der Waals surface area contributed by atoms with Crippen LogP contribution in [0.2, 0.25) is 0 Å². The topological polar surface area (TPSA) is 81.6 Å². The summed E-state index contributed by atoms with van der Waals surface area (Å²) in [5.41, 5.74) is 0. The molecule has 2 heterocycles. The molecule has 8 heteroatoms. The van der Waals surface area contributed by atoms with Gasteiger partial charge in [0, 0.05) is 0 Å². The Morgan fingerprint density at radius 2 is 2.21 bits per heavy atom. The zero-order chi connectivity index (χ0) is 13.8. The van der Waals surface area contributed by atoms with Gasteiger partial charge in [-0.15, -0.1) is 10.2 Å². The Bertz CT molecular complexity index is 566. The van der Waals surface area contributed by atoms with Gasteiger partial charge in [-0.25, -0.2) is 0 Å². The lowest BCUT2D eigenvalue weighted by Crippen LogP contribution is -2.26. The van der Waals surface area contributed by atoms with Crippen LogP contribution in [0.5, 0.6) is 0 Å². The van der Waals surface area contributed by atoms with Gasteiger partial charge in [0.05, 0.1) is 20.2 Å². The zero-order valence-corrected chi connectivity index (χ0v) is 12.0. The van der Waals surface area contributed by atoms with Gasteiger partial charge < -0.3 is 13.6 Å². The first-order valence-corrected chi connectivity index (χ1v) is 6.21. The van der Waals surface area contributed by atoms with Gasteiger partial charge in [0.2, 0.25) is 5.89 Å². The molecule has 2 aromatic rings. The molecule has 0 saturated heterocycles. The van der Waals surface area contributed by atoms with Crippen molar-refractivity contribution in [3.8, 4) is 11.7 Å². The molecule has 2 rings (SSSR count). The molecule has 0 aromatic carbocycles. The normalized spacial score (nSPS) is 10.9. The second-order valence-electron chi connectivity index (χ2n) is 3.85. The number of esters is 1. The first-order chi connectivity index (χ1) is 9.08. The number of likely N-dealkylation sites (N-methyl/N-ethyl adjacent to an activating group) is 1. The predicted octanol–water partition coefficient (Wildman–Crippen LogP) is 1.70. The smallest absolute Gasteiger partial charge is 0.319 e. The van der Waals surface area contributed by atoms with Crippen LogP contribution in [-0.2, 0) is 16.1 Å². The van der Waals surface area contributed by atoms with E-state index in [1.165, 1.54) is 7.11 Å². The SMILES string of the molecule is COC(=O)CN(C)Cc1nnc(-c2ccc(Br)o2)o1. The standard InChI is InChI=1S/C11H12BrN3O4/c1-15(6-10(16)17-2)5-9-13-14-11(19-9)7-3-4-8(12)18-7/h3-4H,5-6H2,1-2H3. The van der Waals surface area contributed by atoms with Crippen molar-refractivity contribution in [1.29, 1.82) is 0 Å². The van der Waals surface area contributed by atoms with Crippen LogP contribution in [-0.4, -0.2) is 41.8 Å². The number of carbonyl (C=O) groups excluding carboxylic acids is 1. The van der Waals surface area contributed by atoms with Crippen LogP contribution in [0.1, 0.15) is 5.89 Å². The van der Waals surface area contributed by atoms with Crippen molar-refractivity contribution in [3.05, 3.63) is 22.7 Å². The van der Waals surface area contributed by atoms with Crippen LogP contribution in [0, 0.1) is 0 Å². The Hall–Kier alpha value is -1.67. The minimum absolute atomic E-state index is 0.153. The van der Waals surface area contributed by atoms with E-state index in [0.717, 1.165) is 0 Å². The number of nitrogens with zero attached hydrogens (tertiary/aromatic N) is 3. The number of furan rings is 1. The third-order valence-corrected chi connectivity index (χ3v) is 2.71. The van der Waals surface area contributed by atoms with Gasteiger partial charge in [0.25, 0.3) is 5.89 Å². The van der Waals surface area contributed by atoms with Crippen LogP contribution in [0.25, 0.3) is 11.7 Å². The molecular formula is C11H12BrN3O4. The van der Waals surface area contributed by atoms with Crippen LogP contribution in [0.3, 0.4) is 0 Å². The fraction of sp³-hybridized carbons (Fsp3) is 0.364. The Labute approximate surface area is 117 Å². The Balaban J connectivity index is 1.99. The molecule has 0 bridgehead atoms. The van der Waals surface area contributed by atoms with E-state index in [1.807, 2.05) is 0 Å². The number of carbonyl (C=O) groups is 1. The molecule has 102 valence electrons. The van der Waals surface area contributed by atoms with Crippen LogP contribution >= 0.6 is 15.9 Å². The largest absolute Gasteiger partial charge is 0.468 e. The van der Waals surface area contributed by atoms with Crippen molar-refractivity contribution in [2.45, 2.75) is 6.54 Å². The minimum Gasteiger partial charge on any atom is -0.468 e. The Kier molecular flexibility index (Phi) is 4.33. The molecule has 0 radical (unpaired) electrons. The number of ether oxygens (including phenoxy) is 1. The molecule has 0 aliphatic heterocycles. The molecule has 2 aromatic heterocycles. The summed E-state index contributed by atoms with van der Waals surface area (Å²) in [5.74, 6) is 0.861. The molecule has 0 atom stereocenters. The van der Waals surface area contributed by atoms with E-state index in [1.54, 1.807) is 24.1 Å². The van der Waals surface area contributed by atoms with Crippen molar-refractivity contribution >= 4 is 21.9 Å². The highest BCUT2D eigenvalue weighted by Crippen LogP contribution is 2.23. The van der Waals surface area contributed by atoms with Gasteiger partial charge in [0.15, 0.2) is 10.4 Å².